The van der Waals surface area contributed by atoms with Gasteiger partial charge in [-0.1, -0.05) is 6.42 Å². The third-order valence-corrected chi connectivity index (χ3v) is 7.62. The van der Waals surface area contributed by atoms with E-state index in [0.717, 1.165) is 12.3 Å². The monoisotopic (exact) mass is 329 g/mol. The van der Waals surface area contributed by atoms with E-state index in [0.29, 0.717) is 37.9 Å². The number of amides is 1. The summed E-state index contributed by atoms with van der Waals surface area (Å²) in [6.45, 7) is 0.880. The van der Waals surface area contributed by atoms with Crippen molar-refractivity contribution in [1.82, 2.24) is 13.9 Å². The van der Waals surface area contributed by atoms with E-state index in [1.165, 1.54) is 27.9 Å². The fourth-order valence-electron chi connectivity index (χ4n) is 4.30. The van der Waals surface area contributed by atoms with Crippen LogP contribution in [0.4, 0.5) is 0 Å². The molecule has 6 nitrogen and oxygen atoms in total. The van der Waals surface area contributed by atoms with Crippen molar-refractivity contribution in [1.29, 1.82) is 0 Å². The van der Waals surface area contributed by atoms with Gasteiger partial charge >= 0.3 is 0 Å². The first kappa shape index (κ1) is 16.2. The summed E-state index contributed by atoms with van der Waals surface area (Å²) < 4.78 is 26.9. The molecule has 1 aliphatic heterocycles. The van der Waals surface area contributed by atoms with Gasteiger partial charge in [0.25, 0.3) is 10.2 Å². The van der Waals surface area contributed by atoms with Crippen molar-refractivity contribution >= 4 is 16.1 Å². The van der Waals surface area contributed by atoms with Crippen LogP contribution in [0.25, 0.3) is 0 Å². The van der Waals surface area contributed by atoms with Crippen LogP contribution in [0.2, 0.25) is 0 Å². The summed E-state index contributed by atoms with van der Waals surface area (Å²) in [6.07, 6.45) is 6.27. The highest BCUT2D eigenvalue weighted by Gasteiger charge is 2.41. The zero-order valence-corrected chi connectivity index (χ0v) is 14.3. The molecule has 0 spiro atoms. The van der Waals surface area contributed by atoms with Gasteiger partial charge in [0.1, 0.15) is 0 Å². The average molecular weight is 329 g/mol. The van der Waals surface area contributed by atoms with Crippen LogP contribution in [0, 0.1) is 17.8 Å². The molecule has 1 amide bonds. The molecule has 0 unspecified atom stereocenters. The molecule has 3 fully saturated rings. The van der Waals surface area contributed by atoms with Crippen molar-refractivity contribution in [2.75, 3.05) is 27.2 Å². The second-order valence-electron chi connectivity index (χ2n) is 7.25. The molecule has 0 aromatic rings. The van der Waals surface area contributed by atoms with Crippen LogP contribution in [0.3, 0.4) is 0 Å². The lowest BCUT2D eigenvalue weighted by Gasteiger charge is -2.33. The van der Waals surface area contributed by atoms with E-state index in [4.69, 9.17) is 0 Å². The fraction of sp³-hybridized carbons (Fsp3) is 0.933. The largest absolute Gasteiger partial charge is 0.353 e. The van der Waals surface area contributed by atoms with E-state index in [2.05, 4.69) is 5.32 Å². The predicted molar refractivity (Wildman–Crippen MR) is 84.3 cm³/mol. The zero-order chi connectivity index (χ0) is 15.9. The minimum Gasteiger partial charge on any atom is -0.353 e. The summed E-state index contributed by atoms with van der Waals surface area (Å²) in [4.78, 5) is 12.4. The molecule has 0 aromatic heterocycles. The predicted octanol–water partition coefficient (Wildman–Crippen LogP) is 0.810. The first-order valence-electron chi connectivity index (χ1n) is 8.36. The number of fused-ring (bicyclic) bond motifs is 2. The molecule has 2 bridgehead atoms. The molecule has 1 saturated heterocycles. The lowest BCUT2D eigenvalue weighted by molar-refractivity contribution is -0.127. The summed E-state index contributed by atoms with van der Waals surface area (Å²) >= 11 is 0. The maximum Gasteiger partial charge on any atom is 0.281 e. The number of piperidine rings is 1. The Labute approximate surface area is 133 Å². The van der Waals surface area contributed by atoms with Crippen molar-refractivity contribution in [3.05, 3.63) is 0 Å². The normalized spacial score (nSPS) is 33.5. The van der Waals surface area contributed by atoms with Gasteiger partial charge in [-0.25, -0.2) is 0 Å². The molecule has 3 aliphatic rings. The van der Waals surface area contributed by atoms with Crippen LogP contribution in [0.5, 0.6) is 0 Å². The Bertz CT molecular complexity index is 526. The van der Waals surface area contributed by atoms with Gasteiger partial charge in [-0.3, -0.25) is 4.79 Å². The lowest BCUT2D eigenvalue weighted by Crippen LogP contribution is -2.48. The molecule has 22 heavy (non-hydrogen) atoms. The zero-order valence-electron chi connectivity index (χ0n) is 13.5. The van der Waals surface area contributed by atoms with Gasteiger partial charge in [-0.15, -0.1) is 0 Å². The minimum absolute atomic E-state index is 0.0345. The van der Waals surface area contributed by atoms with Gasteiger partial charge in [0.15, 0.2) is 0 Å². The number of nitrogens with zero attached hydrogens (tertiary/aromatic N) is 2. The van der Waals surface area contributed by atoms with Crippen molar-refractivity contribution in [2.24, 2.45) is 17.8 Å². The number of carbonyl (C=O) groups excluding carboxylic acids is 1. The molecular weight excluding hydrogens is 302 g/mol. The highest BCUT2D eigenvalue weighted by molar-refractivity contribution is 7.86. The Morgan fingerprint density at radius 2 is 1.77 bits per heavy atom. The van der Waals surface area contributed by atoms with Gasteiger partial charge in [0.05, 0.1) is 0 Å². The summed E-state index contributed by atoms with van der Waals surface area (Å²) in [5.74, 6) is 1.61. The molecule has 7 heteroatoms. The van der Waals surface area contributed by atoms with Crippen molar-refractivity contribution < 1.29 is 13.2 Å². The molecule has 2 saturated carbocycles. The summed E-state index contributed by atoms with van der Waals surface area (Å²) in [7, 11) is -0.254. The number of rotatable bonds is 4. The van der Waals surface area contributed by atoms with Crippen LogP contribution < -0.4 is 5.32 Å². The molecule has 3 rings (SSSR count). The Morgan fingerprint density at radius 1 is 1.09 bits per heavy atom. The topological polar surface area (TPSA) is 69.7 Å². The van der Waals surface area contributed by atoms with E-state index in [1.54, 1.807) is 14.1 Å². The standard InChI is InChI=1S/C15H27N3O3S/c1-17(2)22(20,21)18-7-5-12(6-8-18)15(19)16-14-10-11-3-4-13(14)9-11/h11-14H,3-10H2,1-2H3,(H,16,19)/t11-,13-,14+/m1/s1. The SMILES string of the molecule is CN(C)S(=O)(=O)N1CCC(C(=O)N[C@H]2C[C@@H]3CC[C@@H]2C3)CC1. The second-order valence-corrected chi connectivity index (χ2v) is 9.40. The summed E-state index contributed by atoms with van der Waals surface area (Å²) in [5, 5.41) is 3.24. The molecule has 1 heterocycles. The third kappa shape index (κ3) is 3.03. The molecule has 3 atom stereocenters. The van der Waals surface area contributed by atoms with Crippen LogP contribution >= 0.6 is 0 Å². The summed E-state index contributed by atoms with van der Waals surface area (Å²) in [6, 6.07) is 0.370. The maximum atomic E-state index is 12.4. The van der Waals surface area contributed by atoms with Gasteiger partial charge in [-0.2, -0.15) is 17.0 Å². The van der Waals surface area contributed by atoms with E-state index in [-0.39, 0.29) is 11.8 Å². The van der Waals surface area contributed by atoms with Gasteiger partial charge < -0.3 is 5.32 Å². The average Bonchev–Trinajstić information content (AvgIpc) is 3.09. The lowest BCUT2D eigenvalue weighted by atomic mass is 9.93. The van der Waals surface area contributed by atoms with E-state index in [1.807, 2.05) is 0 Å². The number of carbonyl (C=O) groups is 1. The Morgan fingerprint density at radius 3 is 2.27 bits per heavy atom. The Balaban J connectivity index is 1.50. The first-order valence-corrected chi connectivity index (χ1v) is 9.75. The maximum absolute atomic E-state index is 12.4. The molecule has 126 valence electrons. The Kier molecular flexibility index (Phi) is 4.49. The van der Waals surface area contributed by atoms with Gasteiger partial charge in [0.2, 0.25) is 5.91 Å². The van der Waals surface area contributed by atoms with Crippen LogP contribution in [0.15, 0.2) is 0 Å². The number of hydrogen-bond acceptors (Lipinski definition) is 3. The third-order valence-electron chi connectivity index (χ3n) is 5.68. The highest BCUT2D eigenvalue weighted by atomic mass is 32.2. The van der Waals surface area contributed by atoms with Gasteiger partial charge in [0, 0.05) is 39.1 Å². The molecule has 2 aliphatic carbocycles. The van der Waals surface area contributed by atoms with E-state index < -0.39 is 10.2 Å². The van der Waals surface area contributed by atoms with Crippen molar-refractivity contribution in [2.45, 2.75) is 44.6 Å². The smallest absolute Gasteiger partial charge is 0.281 e. The molecule has 1 N–H and O–H groups in total. The van der Waals surface area contributed by atoms with Crippen LogP contribution in [-0.2, 0) is 15.0 Å². The van der Waals surface area contributed by atoms with Crippen LogP contribution in [-0.4, -0.2) is 56.2 Å². The van der Waals surface area contributed by atoms with Gasteiger partial charge in [-0.05, 0) is 43.9 Å². The van der Waals surface area contributed by atoms with Crippen molar-refractivity contribution in [3.63, 3.8) is 0 Å². The quantitative estimate of drug-likeness (QED) is 0.830. The minimum atomic E-state index is -3.34. The van der Waals surface area contributed by atoms with E-state index >= 15 is 0 Å². The van der Waals surface area contributed by atoms with E-state index in [9.17, 15) is 13.2 Å². The second kappa shape index (κ2) is 6.09. The van der Waals surface area contributed by atoms with Crippen molar-refractivity contribution in [3.8, 4) is 0 Å². The molecule has 0 radical (unpaired) electrons. The fourth-order valence-corrected chi connectivity index (χ4v) is 5.44. The van der Waals surface area contributed by atoms with Crippen LogP contribution in [0.1, 0.15) is 38.5 Å². The first-order chi connectivity index (χ1) is 10.4. The number of hydrogen-bond donors (Lipinski definition) is 1. The summed E-state index contributed by atoms with van der Waals surface area (Å²) in [5.41, 5.74) is 0. The number of nitrogens with one attached hydrogen (secondary N) is 1. The Hall–Kier alpha value is -0.660. The molecule has 0 aromatic carbocycles. The molecular formula is C15H27N3O3S. The highest BCUT2D eigenvalue weighted by Crippen LogP contribution is 2.44.